The van der Waals surface area contributed by atoms with E-state index in [1.807, 2.05) is 31.2 Å². The van der Waals surface area contributed by atoms with Crippen molar-refractivity contribution < 1.29 is 12.9 Å². The molecule has 1 aromatic heterocycles. The molecule has 0 aliphatic carbocycles. The molecule has 0 bridgehead atoms. The Labute approximate surface area is 161 Å². The molecular weight excluding hydrogens is 362 g/mol. The van der Waals surface area contributed by atoms with Gasteiger partial charge in [0.25, 0.3) is 0 Å². The van der Waals surface area contributed by atoms with Gasteiger partial charge in [-0.2, -0.15) is 4.31 Å². The first-order chi connectivity index (χ1) is 12.8. The van der Waals surface area contributed by atoms with E-state index in [2.05, 4.69) is 23.9 Å². The molecule has 7 heteroatoms. The summed E-state index contributed by atoms with van der Waals surface area (Å²) in [5.74, 6) is 1.25. The number of likely N-dealkylation sites (tertiary alicyclic amines) is 1. The molecule has 4 rings (SSSR count). The van der Waals surface area contributed by atoms with Gasteiger partial charge in [0.1, 0.15) is 5.76 Å². The third kappa shape index (κ3) is 3.11. The van der Waals surface area contributed by atoms with Crippen molar-refractivity contribution in [1.29, 1.82) is 0 Å². The van der Waals surface area contributed by atoms with E-state index in [-0.39, 0.29) is 0 Å². The van der Waals surface area contributed by atoms with Crippen LogP contribution in [0.4, 0.5) is 0 Å². The van der Waals surface area contributed by atoms with Gasteiger partial charge in [0.15, 0.2) is 0 Å². The first-order valence-electron chi connectivity index (χ1n) is 9.60. The largest absolute Gasteiger partial charge is 0.361 e. The Morgan fingerprint density at radius 1 is 1.30 bits per heavy atom. The van der Waals surface area contributed by atoms with Crippen molar-refractivity contribution >= 4 is 10.0 Å². The maximum Gasteiger partial charge on any atom is 0.244 e. The Hall–Kier alpha value is -1.70. The summed E-state index contributed by atoms with van der Waals surface area (Å²) in [6, 6.07) is 9.46. The Bertz CT molecular complexity index is 937. The maximum absolute atomic E-state index is 13.3. The lowest BCUT2D eigenvalue weighted by Gasteiger charge is -2.34. The number of hydrogen-bond acceptors (Lipinski definition) is 5. The van der Waals surface area contributed by atoms with Crippen LogP contribution in [0.1, 0.15) is 43.7 Å². The molecule has 0 N–H and O–H groups in total. The van der Waals surface area contributed by atoms with E-state index in [4.69, 9.17) is 4.52 Å². The SMILES string of the molecule is Cc1cc(CN2CC[C@@]3(C2)c2ccccc2S(=O)(=O)N3CCC(C)C)no1. The Morgan fingerprint density at radius 2 is 2.07 bits per heavy atom. The summed E-state index contributed by atoms with van der Waals surface area (Å²) in [5, 5.41) is 4.10. The van der Waals surface area contributed by atoms with Crippen LogP contribution >= 0.6 is 0 Å². The van der Waals surface area contributed by atoms with Crippen LogP contribution < -0.4 is 0 Å². The summed E-state index contributed by atoms with van der Waals surface area (Å²) < 4.78 is 33.6. The fraction of sp³-hybridized carbons (Fsp3) is 0.550. The van der Waals surface area contributed by atoms with Crippen LogP contribution in [-0.4, -0.2) is 42.4 Å². The Balaban J connectivity index is 1.67. The number of nitrogens with zero attached hydrogens (tertiary/aromatic N) is 3. The van der Waals surface area contributed by atoms with E-state index in [0.717, 1.165) is 36.4 Å². The summed E-state index contributed by atoms with van der Waals surface area (Å²) in [6.45, 7) is 8.92. The van der Waals surface area contributed by atoms with Crippen molar-refractivity contribution in [3.05, 3.63) is 47.3 Å². The van der Waals surface area contributed by atoms with Crippen molar-refractivity contribution in [3.63, 3.8) is 0 Å². The molecule has 2 aliphatic rings. The number of aromatic nitrogens is 1. The molecule has 1 saturated heterocycles. The average molecular weight is 390 g/mol. The molecule has 0 unspecified atom stereocenters. The van der Waals surface area contributed by atoms with E-state index in [9.17, 15) is 8.42 Å². The van der Waals surface area contributed by atoms with Crippen molar-refractivity contribution in [1.82, 2.24) is 14.4 Å². The molecule has 1 aromatic carbocycles. The minimum Gasteiger partial charge on any atom is -0.361 e. The quantitative estimate of drug-likeness (QED) is 0.786. The minimum atomic E-state index is -3.45. The van der Waals surface area contributed by atoms with Crippen LogP contribution in [-0.2, 0) is 22.1 Å². The molecule has 1 spiro atoms. The summed E-state index contributed by atoms with van der Waals surface area (Å²) in [7, 11) is -3.45. The Morgan fingerprint density at radius 3 is 2.78 bits per heavy atom. The monoisotopic (exact) mass is 389 g/mol. The summed E-state index contributed by atoms with van der Waals surface area (Å²) in [4.78, 5) is 2.77. The van der Waals surface area contributed by atoms with Crippen molar-refractivity contribution in [2.45, 2.75) is 50.6 Å². The zero-order valence-corrected chi connectivity index (χ0v) is 17.0. The highest BCUT2D eigenvalue weighted by atomic mass is 32.2. The van der Waals surface area contributed by atoms with Gasteiger partial charge in [0.05, 0.1) is 16.1 Å². The molecule has 3 heterocycles. The third-order valence-electron chi connectivity index (χ3n) is 5.73. The minimum absolute atomic E-state index is 0.455. The molecule has 27 heavy (non-hydrogen) atoms. The second kappa shape index (κ2) is 6.72. The zero-order valence-electron chi connectivity index (χ0n) is 16.2. The molecule has 0 radical (unpaired) electrons. The topological polar surface area (TPSA) is 66.7 Å². The highest BCUT2D eigenvalue weighted by Crippen LogP contribution is 2.49. The summed E-state index contributed by atoms with van der Waals surface area (Å²) in [5.41, 5.74) is 1.38. The molecular formula is C20H27N3O3S. The lowest BCUT2D eigenvalue weighted by Crippen LogP contribution is -2.46. The normalized spacial score (nSPS) is 24.9. The van der Waals surface area contributed by atoms with Gasteiger partial charge in [-0.25, -0.2) is 8.42 Å². The molecule has 146 valence electrons. The smallest absolute Gasteiger partial charge is 0.244 e. The zero-order chi connectivity index (χ0) is 19.2. The number of hydrogen-bond donors (Lipinski definition) is 0. The van der Waals surface area contributed by atoms with Gasteiger partial charge in [-0.1, -0.05) is 37.2 Å². The van der Waals surface area contributed by atoms with Gasteiger partial charge in [-0.3, -0.25) is 4.90 Å². The molecule has 2 aliphatic heterocycles. The van der Waals surface area contributed by atoms with E-state index >= 15 is 0 Å². The number of rotatable bonds is 5. The predicted molar refractivity (Wildman–Crippen MR) is 103 cm³/mol. The predicted octanol–water partition coefficient (Wildman–Crippen LogP) is 3.13. The average Bonchev–Trinajstić information content (AvgIpc) is 3.26. The van der Waals surface area contributed by atoms with Gasteiger partial charge >= 0.3 is 0 Å². The van der Waals surface area contributed by atoms with Crippen LogP contribution in [0.2, 0.25) is 0 Å². The highest BCUT2D eigenvalue weighted by molar-refractivity contribution is 7.89. The molecule has 1 atom stereocenters. The van der Waals surface area contributed by atoms with E-state index in [0.29, 0.717) is 30.4 Å². The third-order valence-corrected chi connectivity index (χ3v) is 7.76. The first-order valence-corrected chi connectivity index (χ1v) is 11.0. The van der Waals surface area contributed by atoms with Gasteiger partial charge < -0.3 is 4.52 Å². The molecule has 2 aromatic rings. The molecule has 6 nitrogen and oxygen atoms in total. The summed E-state index contributed by atoms with van der Waals surface area (Å²) in [6.07, 6.45) is 1.66. The number of aryl methyl sites for hydroxylation is 1. The number of benzene rings is 1. The fourth-order valence-electron chi connectivity index (χ4n) is 4.42. The van der Waals surface area contributed by atoms with E-state index < -0.39 is 15.6 Å². The number of sulfonamides is 1. The Kier molecular flexibility index (Phi) is 4.64. The summed E-state index contributed by atoms with van der Waals surface area (Å²) >= 11 is 0. The van der Waals surface area contributed by atoms with Gasteiger partial charge in [-0.05, 0) is 37.3 Å². The van der Waals surface area contributed by atoms with E-state index in [1.165, 1.54) is 0 Å². The highest BCUT2D eigenvalue weighted by Gasteiger charge is 2.56. The lowest BCUT2D eigenvalue weighted by atomic mass is 9.88. The maximum atomic E-state index is 13.3. The van der Waals surface area contributed by atoms with Gasteiger partial charge in [0.2, 0.25) is 10.0 Å². The fourth-order valence-corrected chi connectivity index (χ4v) is 6.50. The lowest BCUT2D eigenvalue weighted by molar-refractivity contribution is 0.182. The van der Waals surface area contributed by atoms with Gasteiger partial charge in [0, 0.05) is 32.2 Å². The van der Waals surface area contributed by atoms with Crippen LogP contribution in [0, 0.1) is 12.8 Å². The second-order valence-corrected chi connectivity index (χ2v) is 10.0. The van der Waals surface area contributed by atoms with Gasteiger partial charge in [-0.15, -0.1) is 0 Å². The van der Waals surface area contributed by atoms with Crippen LogP contribution in [0.15, 0.2) is 39.8 Å². The van der Waals surface area contributed by atoms with Crippen LogP contribution in [0.3, 0.4) is 0 Å². The van der Waals surface area contributed by atoms with Crippen molar-refractivity contribution in [3.8, 4) is 0 Å². The van der Waals surface area contributed by atoms with E-state index in [1.54, 1.807) is 10.4 Å². The van der Waals surface area contributed by atoms with Crippen LogP contribution in [0.5, 0.6) is 0 Å². The first kappa shape index (κ1) is 18.7. The second-order valence-electron chi connectivity index (χ2n) is 8.18. The molecule has 1 fully saturated rings. The number of fused-ring (bicyclic) bond motifs is 2. The molecule has 0 amide bonds. The van der Waals surface area contributed by atoms with Crippen molar-refractivity contribution in [2.24, 2.45) is 5.92 Å². The standard InChI is InChI=1S/C20H27N3O3S/c1-15(2)8-10-23-20(18-6-4-5-7-19(18)27(23,24)25)9-11-22(14-20)13-17-12-16(3)26-21-17/h4-7,12,15H,8-11,13-14H2,1-3H3/t20-/m1/s1. The molecule has 0 saturated carbocycles. The van der Waals surface area contributed by atoms with Crippen molar-refractivity contribution in [2.75, 3.05) is 19.6 Å². The van der Waals surface area contributed by atoms with Crippen LogP contribution in [0.25, 0.3) is 0 Å².